The molecule has 0 unspecified atom stereocenters. The summed E-state index contributed by atoms with van der Waals surface area (Å²) in [7, 11) is 0. The van der Waals surface area contributed by atoms with E-state index in [1.54, 1.807) is 12.1 Å². The highest BCUT2D eigenvalue weighted by Crippen LogP contribution is 2.42. The fourth-order valence-electron chi connectivity index (χ4n) is 3.23. The van der Waals surface area contributed by atoms with Gasteiger partial charge in [-0.2, -0.15) is 0 Å². The molecule has 0 heterocycles. The molecule has 0 saturated carbocycles. The number of carbonyl (C=O) groups excluding carboxylic acids is 2. The van der Waals surface area contributed by atoms with Gasteiger partial charge in [-0.15, -0.1) is 0 Å². The fourth-order valence-corrected chi connectivity index (χ4v) is 3.23. The Kier molecular flexibility index (Phi) is 4.36. The van der Waals surface area contributed by atoms with Gasteiger partial charge in [-0.3, -0.25) is 9.59 Å². The zero-order valence-electron chi connectivity index (χ0n) is 15.2. The molecule has 3 rings (SSSR count). The third kappa shape index (κ3) is 2.77. The van der Waals surface area contributed by atoms with E-state index in [0.717, 1.165) is 0 Å². The first-order valence-corrected chi connectivity index (χ1v) is 8.56. The number of ketones is 2. The van der Waals surface area contributed by atoms with Gasteiger partial charge in [0.15, 0.2) is 0 Å². The van der Waals surface area contributed by atoms with Gasteiger partial charge >= 0.3 is 0 Å². The summed E-state index contributed by atoms with van der Waals surface area (Å²) < 4.78 is 0. The number of hydrogen-bond acceptors (Lipinski definition) is 6. The molecule has 0 fully saturated rings. The highest BCUT2D eigenvalue weighted by Gasteiger charge is 2.38. The number of fused-ring (bicyclic) bond motifs is 2. The molecule has 0 atom stereocenters. The predicted molar refractivity (Wildman–Crippen MR) is 101 cm³/mol. The van der Waals surface area contributed by atoms with Gasteiger partial charge < -0.3 is 20.8 Å². The Morgan fingerprint density at radius 2 is 1.00 bits per heavy atom. The van der Waals surface area contributed by atoms with Gasteiger partial charge in [0.2, 0.25) is 11.6 Å². The molecule has 4 N–H and O–H groups in total. The summed E-state index contributed by atoms with van der Waals surface area (Å²) in [6, 6.07) is 6.03. The summed E-state index contributed by atoms with van der Waals surface area (Å²) in [4.78, 5) is 26.4. The number of hydrogen-bond donors (Lipinski definition) is 4. The van der Waals surface area contributed by atoms with Crippen LogP contribution in [0.5, 0.6) is 11.5 Å². The maximum Gasteiger partial charge on any atom is 0.200 e. The van der Waals surface area contributed by atoms with E-state index >= 15 is 0 Å². The van der Waals surface area contributed by atoms with E-state index in [1.807, 2.05) is 27.7 Å². The molecular weight excluding hydrogens is 332 g/mol. The van der Waals surface area contributed by atoms with E-state index < -0.39 is 11.6 Å². The lowest BCUT2D eigenvalue weighted by Gasteiger charge is -2.26. The molecule has 0 bridgehead atoms. The highest BCUT2D eigenvalue weighted by atomic mass is 16.3. The first kappa shape index (κ1) is 17.8. The monoisotopic (exact) mass is 354 g/mol. The molecule has 6 nitrogen and oxygen atoms in total. The summed E-state index contributed by atoms with van der Waals surface area (Å²) >= 11 is 0. The van der Waals surface area contributed by atoms with Crippen molar-refractivity contribution < 1.29 is 19.8 Å². The summed E-state index contributed by atoms with van der Waals surface area (Å²) in [5.74, 6) is -1.61. The second-order valence-electron chi connectivity index (χ2n) is 7.02. The molecule has 0 amide bonds. The molecule has 0 spiro atoms. The van der Waals surface area contributed by atoms with Crippen molar-refractivity contribution in [2.24, 2.45) is 0 Å². The highest BCUT2D eigenvalue weighted by molar-refractivity contribution is 6.33. The Hall–Kier alpha value is -3.02. The lowest BCUT2D eigenvalue weighted by Crippen LogP contribution is -2.26. The number of aromatic hydroxyl groups is 2. The van der Waals surface area contributed by atoms with E-state index in [4.69, 9.17) is 0 Å². The van der Waals surface area contributed by atoms with E-state index in [2.05, 4.69) is 10.6 Å². The van der Waals surface area contributed by atoms with E-state index in [0.29, 0.717) is 11.4 Å². The Balaban J connectivity index is 2.33. The van der Waals surface area contributed by atoms with Crippen LogP contribution in [0, 0.1) is 0 Å². The molecule has 1 aliphatic carbocycles. The van der Waals surface area contributed by atoms with Crippen LogP contribution in [-0.4, -0.2) is 33.9 Å². The molecule has 0 aliphatic heterocycles. The van der Waals surface area contributed by atoms with Gasteiger partial charge in [0.05, 0.1) is 22.3 Å². The zero-order chi connectivity index (χ0) is 19.2. The number of nitrogens with one attached hydrogen (secondary N) is 2. The largest absolute Gasteiger partial charge is 0.507 e. The Bertz CT molecular complexity index is 843. The van der Waals surface area contributed by atoms with E-state index in [1.165, 1.54) is 12.1 Å². The minimum atomic E-state index is -0.487. The molecule has 6 heteroatoms. The maximum atomic E-state index is 13.2. The van der Waals surface area contributed by atoms with Crippen LogP contribution in [0.4, 0.5) is 11.4 Å². The van der Waals surface area contributed by atoms with Crippen LogP contribution in [0.2, 0.25) is 0 Å². The molecule has 2 aromatic carbocycles. The average Bonchev–Trinajstić information content (AvgIpc) is 2.54. The first-order chi connectivity index (χ1) is 12.2. The number of carbonyl (C=O) groups is 2. The summed E-state index contributed by atoms with van der Waals surface area (Å²) in [6.45, 7) is 7.72. The van der Waals surface area contributed by atoms with Crippen LogP contribution in [0.25, 0.3) is 0 Å². The molecule has 0 saturated heterocycles. The predicted octanol–water partition coefficient (Wildman–Crippen LogP) is 3.51. The third-order valence-electron chi connectivity index (χ3n) is 4.16. The maximum absolute atomic E-state index is 13.2. The normalized spacial score (nSPS) is 13.0. The minimum absolute atomic E-state index is 0.0464. The lowest BCUT2D eigenvalue weighted by molar-refractivity contribution is 0.0975. The van der Waals surface area contributed by atoms with Gasteiger partial charge in [0.1, 0.15) is 11.5 Å². The standard InChI is InChI=1S/C20H22N2O4/c1-9(2)21-11-5-6-12(22-10(3)4)16-15(11)19(25)17-13(23)7-8-14(24)18(17)20(16)26/h5-10,21-24H,1-4H3. The van der Waals surface area contributed by atoms with Crippen molar-refractivity contribution in [1.29, 1.82) is 0 Å². The van der Waals surface area contributed by atoms with E-state index in [-0.39, 0.29) is 45.8 Å². The number of benzene rings is 2. The second-order valence-corrected chi connectivity index (χ2v) is 7.02. The average molecular weight is 354 g/mol. The SMILES string of the molecule is CC(C)Nc1ccc(NC(C)C)c2c1C(=O)c1c(O)ccc(O)c1C2=O. The molecule has 0 radical (unpaired) electrons. The van der Waals surface area contributed by atoms with Crippen LogP contribution in [-0.2, 0) is 0 Å². The van der Waals surface area contributed by atoms with Gasteiger partial charge in [0, 0.05) is 23.5 Å². The first-order valence-electron chi connectivity index (χ1n) is 8.56. The Morgan fingerprint density at radius 3 is 1.31 bits per heavy atom. The van der Waals surface area contributed by atoms with Crippen molar-refractivity contribution >= 4 is 22.9 Å². The summed E-state index contributed by atoms with van der Waals surface area (Å²) in [5, 5.41) is 26.7. The van der Waals surface area contributed by atoms with Crippen LogP contribution in [0.1, 0.15) is 59.5 Å². The van der Waals surface area contributed by atoms with Crippen LogP contribution >= 0.6 is 0 Å². The van der Waals surface area contributed by atoms with Gasteiger partial charge in [-0.25, -0.2) is 0 Å². The molecule has 0 aromatic heterocycles. The minimum Gasteiger partial charge on any atom is -0.507 e. The van der Waals surface area contributed by atoms with Crippen molar-refractivity contribution in [3.05, 3.63) is 46.5 Å². The Morgan fingerprint density at radius 1 is 0.654 bits per heavy atom. The molecule has 136 valence electrons. The quantitative estimate of drug-likeness (QED) is 0.535. The van der Waals surface area contributed by atoms with Gasteiger partial charge in [-0.1, -0.05) is 0 Å². The number of phenols is 2. The molecular formula is C20H22N2O4. The van der Waals surface area contributed by atoms with E-state index in [9.17, 15) is 19.8 Å². The number of rotatable bonds is 4. The number of phenolic OH excluding ortho intramolecular Hbond substituents is 2. The van der Waals surface area contributed by atoms with Crippen LogP contribution in [0.15, 0.2) is 24.3 Å². The second kappa shape index (κ2) is 6.37. The van der Waals surface area contributed by atoms with Crippen molar-refractivity contribution in [3.8, 4) is 11.5 Å². The smallest absolute Gasteiger partial charge is 0.200 e. The lowest BCUT2D eigenvalue weighted by atomic mass is 9.81. The Labute approximate surface area is 151 Å². The topological polar surface area (TPSA) is 98.7 Å². The number of anilines is 2. The zero-order valence-corrected chi connectivity index (χ0v) is 15.2. The van der Waals surface area contributed by atoms with Crippen molar-refractivity contribution in [2.75, 3.05) is 10.6 Å². The van der Waals surface area contributed by atoms with Crippen molar-refractivity contribution in [2.45, 2.75) is 39.8 Å². The van der Waals surface area contributed by atoms with Crippen molar-refractivity contribution in [3.63, 3.8) is 0 Å². The summed E-state index contributed by atoms with van der Waals surface area (Å²) in [5.41, 5.74) is 1.16. The van der Waals surface area contributed by atoms with Crippen LogP contribution < -0.4 is 10.6 Å². The molecule has 2 aromatic rings. The van der Waals surface area contributed by atoms with Crippen LogP contribution in [0.3, 0.4) is 0 Å². The molecule has 26 heavy (non-hydrogen) atoms. The summed E-state index contributed by atoms with van der Waals surface area (Å²) in [6.07, 6.45) is 0. The van der Waals surface area contributed by atoms with Gasteiger partial charge in [-0.05, 0) is 52.0 Å². The van der Waals surface area contributed by atoms with Crippen molar-refractivity contribution in [1.82, 2.24) is 0 Å². The fraction of sp³-hybridized carbons (Fsp3) is 0.300. The third-order valence-corrected chi connectivity index (χ3v) is 4.16. The molecule has 1 aliphatic rings. The van der Waals surface area contributed by atoms with Gasteiger partial charge in [0.25, 0.3) is 0 Å².